The lowest BCUT2D eigenvalue weighted by atomic mass is 10.3. The van der Waals surface area contributed by atoms with E-state index in [0.29, 0.717) is 15.6 Å². The number of ether oxygens (including phenoxy) is 1. The van der Waals surface area contributed by atoms with Gasteiger partial charge in [-0.1, -0.05) is 11.6 Å². The first-order valence-corrected chi connectivity index (χ1v) is 12.1. The third-order valence-corrected chi connectivity index (χ3v) is 7.43. The van der Waals surface area contributed by atoms with Crippen LogP contribution in [-0.2, 0) is 19.6 Å². The first-order chi connectivity index (χ1) is 14.3. The summed E-state index contributed by atoms with van der Waals surface area (Å²) < 4.78 is 31.9. The van der Waals surface area contributed by atoms with Gasteiger partial charge in [-0.05, 0) is 42.7 Å². The van der Waals surface area contributed by atoms with Crippen LogP contribution >= 0.6 is 23.4 Å². The molecule has 0 aliphatic carbocycles. The zero-order chi connectivity index (χ0) is 21.7. The van der Waals surface area contributed by atoms with Crippen LogP contribution in [0.1, 0.15) is 10.4 Å². The van der Waals surface area contributed by atoms with Crippen molar-refractivity contribution < 1.29 is 22.7 Å². The highest BCUT2D eigenvalue weighted by Crippen LogP contribution is 2.20. The second-order valence-corrected chi connectivity index (χ2v) is 9.54. The third kappa shape index (κ3) is 5.12. The second kappa shape index (κ2) is 9.78. The molecule has 1 amide bonds. The molecule has 11 heteroatoms. The highest BCUT2D eigenvalue weighted by molar-refractivity contribution is 7.98. The Morgan fingerprint density at radius 1 is 1.13 bits per heavy atom. The van der Waals surface area contributed by atoms with Gasteiger partial charge in [-0.15, -0.1) is 11.8 Å². The van der Waals surface area contributed by atoms with Crippen LogP contribution in [0.3, 0.4) is 0 Å². The first kappa shape index (κ1) is 22.5. The molecule has 1 aromatic heterocycles. The van der Waals surface area contributed by atoms with E-state index in [0.717, 1.165) is 0 Å². The van der Waals surface area contributed by atoms with Gasteiger partial charge in [0.15, 0.2) is 6.61 Å². The maximum atomic E-state index is 12.7. The Morgan fingerprint density at radius 2 is 1.80 bits per heavy atom. The average Bonchev–Trinajstić information content (AvgIpc) is 2.77. The molecule has 8 nitrogen and oxygen atoms in total. The van der Waals surface area contributed by atoms with E-state index < -0.39 is 22.6 Å². The lowest BCUT2D eigenvalue weighted by molar-refractivity contribution is -0.135. The van der Waals surface area contributed by atoms with E-state index in [-0.39, 0.29) is 37.0 Å². The standard InChI is InChI=1S/C19H20ClN3O5S2/c1-29-18-16(3-2-8-21-18)19(25)28-13-17(24)22-9-11-23(12-10-22)30(26,27)15-6-4-14(20)5-7-15/h2-8H,9-13H2,1H3. The summed E-state index contributed by atoms with van der Waals surface area (Å²) in [4.78, 5) is 30.4. The number of sulfonamides is 1. The molecule has 3 rings (SSSR count). The predicted molar refractivity (Wildman–Crippen MR) is 113 cm³/mol. The highest BCUT2D eigenvalue weighted by atomic mass is 35.5. The zero-order valence-corrected chi connectivity index (χ0v) is 18.5. The molecule has 0 radical (unpaired) electrons. The number of thioether (sulfide) groups is 1. The molecule has 1 aliphatic rings. The van der Waals surface area contributed by atoms with E-state index >= 15 is 0 Å². The Hall–Kier alpha value is -2.14. The van der Waals surface area contributed by atoms with Crippen LogP contribution in [-0.4, -0.2) is 73.5 Å². The molecule has 0 unspecified atom stereocenters. The van der Waals surface area contributed by atoms with Crippen molar-refractivity contribution >= 4 is 45.3 Å². The summed E-state index contributed by atoms with van der Waals surface area (Å²) in [5.74, 6) is -0.994. The van der Waals surface area contributed by atoms with Gasteiger partial charge in [0.1, 0.15) is 5.03 Å². The Bertz CT molecular complexity index is 1020. The van der Waals surface area contributed by atoms with Gasteiger partial charge in [-0.2, -0.15) is 4.31 Å². The minimum atomic E-state index is -3.66. The number of nitrogens with zero attached hydrogens (tertiary/aromatic N) is 3. The monoisotopic (exact) mass is 469 g/mol. The number of piperazine rings is 1. The molecule has 1 saturated heterocycles. The van der Waals surface area contributed by atoms with Crippen LogP contribution in [0.25, 0.3) is 0 Å². The molecule has 30 heavy (non-hydrogen) atoms. The molecule has 2 aromatic rings. The molecular weight excluding hydrogens is 450 g/mol. The minimum absolute atomic E-state index is 0.154. The van der Waals surface area contributed by atoms with Crippen molar-refractivity contribution in [3.05, 3.63) is 53.2 Å². The summed E-state index contributed by atoms with van der Waals surface area (Å²) in [6, 6.07) is 9.16. The molecule has 0 N–H and O–H groups in total. The number of esters is 1. The van der Waals surface area contributed by atoms with Gasteiger partial charge in [0.2, 0.25) is 10.0 Å². The lowest BCUT2D eigenvalue weighted by Crippen LogP contribution is -2.51. The van der Waals surface area contributed by atoms with Gasteiger partial charge in [-0.3, -0.25) is 4.79 Å². The minimum Gasteiger partial charge on any atom is -0.452 e. The predicted octanol–water partition coefficient (Wildman–Crippen LogP) is 2.15. The number of hydrogen-bond donors (Lipinski definition) is 0. The summed E-state index contributed by atoms with van der Waals surface area (Å²) in [6.45, 7) is 0.331. The van der Waals surface area contributed by atoms with Gasteiger partial charge >= 0.3 is 5.97 Å². The largest absolute Gasteiger partial charge is 0.452 e. The Kier molecular flexibility index (Phi) is 7.35. The normalized spacial score (nSPS) is 15.1. The van der Waals surface area contributed by atoms with Crippen molar-refractivity contribution in [3.8, 4) is 0 Å². The molecule has 1 fully saturated rings. The zero-order valence-electron chi connectivity index (χ0n) is 16.2. The highest BCUT2D eigenvalue weighted by Gasteiger charge is 2.30. The molecule has 160 valence electrons. The van der Waals surface area contributed by atoms with Gasteiger partial charge < -0.3 is 9.64 Å². The van der Waals surface area contributed by atoms with Crippen molar-refractivity contribution in [1.29, 1.82) is 0 Å². The SMILES string of the molecule is CSc1ncccc1C(=O)OCC(=O)N1CCN(S(=O)(=O)c2ccc(Cl)cc2)CC1. The summed E-state index contributed by atoms with van der Waals surface area (Å²) in [5.41, 5.74) is 0.302. The van der Waals surface area contributed by atoms with E-state index in [9.17, 15) is 18.0 Å². The fourth-order valence-corrected chi connectivity index (χ4v) is 5.02. The van der Waals surface area contributed by atoms with Crippen molar-refractivity contribution in [2.45, 2.75) is 9.92 Å². The molecule has 0 bridgehead atoms. The summed E-state index contributed by atoms with van der Waals surface area (Å²) in [5, 5.41) is 0.978. The maximum Gasteiger partial charge on any atom is 0.341 e. The number of carbonyl (C=O) groups excluding carboxylic acids is 2. The number of rotatable bonds is 6. The number of hydrogen-bond acceptors (Lipinski definition) is 7. The number of aromatic nitrogens is 1. The number of pyridine rings is 1. The molecule has 0 atom stereocenters. The Morgan fingerprint density at radius 3 is 2.43 bits per heavy atom. The van der Waals surface area contributed by atoms with Gasteiger partial charge in [0.25, 0.3) is 5.91 Å². The molecule has 2 heterocycles. The van der Waals surface area contributed by atoms with E-state index in [4.69, 9.17) is 16.3 Å². The summed E-state index contributed by atoms with van der Waals surface area (Å²) >= 11 is 7.13. The van der Waals surface area contributed by atoms with Gasteiger partial charge in [0.05, 0.1) is 10.5 Å². The van der Waals surface area contributed by atoms with Crippen molar-refractivity contribution in [3.63, 3.8) is 0 Å². The van der Waals surface area contributed by atoms with E-state index in [2.05, 4.69) is 4.98 Å². The maximum absolute atomic E-state index is 12.7. The van der Waals surface area contributed by atoms with Crippen LogP contribution in [0, 0.1) is 0 Å². The van der Waals surface area contributed by atoms with Crippen LogP contribution in [0.2, 0.25) is 5.02 Å². The topological polar surface area (TPSA) is 96.9 Å². The Labute approximate surface area is 184 Å². The summed E-state index contributed by atoms with van der Waals surface area (Å²) in [6.07, 6.45) is 3.37. The lowest BCUT2D eigenvalue weighted by Gasteiger charge is -2.33. The molecular formula is C19H20ClN3O5S2. The van der Waals surface area contributed by atoms with E-state index in [1.807, 2.05) is 0 Å². The van der Waals surface area contributed by atoms with Gasteiger partial charge in [0, 0.05) is 37.4 Å². The third-order valence-electron chi connectivity index (χ3n) is 4.55. The van der Waals surface area contributed by atoms with Crippen LogP contribution in [0.5, 0.6) is 0 Å². The van der Waals surface area contributed by atoms with Crippen LogP contribution in [0.4, 0.5) is 0 Å². The molecule has 0 spiro atoms. The fourth-order valence-electron chi connectivity index (χ4n) is 2.94. The number of halogens is 1. The van der Waals surface area contributed by atoms with E-state index in [1.54, 1.807) is 24.6 Å². The Balaban J connectivity index is 1.54. The van der Waals surface area contributed by atoms with Crippen LogP contribution < -0.4 is 0 Å². The second-order valence-electron chi connectivity index (χ2n) is 6.38. The molecule has 1 aromatic carbocycles. The first-order valence-electron chi connectivity index (χ1n) is 9.02. The van der Waals surface area contributed by atoms with Crippen molar-refractivity contribution in [2.24, 2.45) is 0 Å². The van der Waals surface area contributed by atoms with E-state index in [1.165, 1.54) is 45.2 Å². The number of amides is 1. The van der Waals surface area contributed by atoms with Gasteiger partial charge in [-0.25, -0.2) is 18.2 Å². The molecule has 1 aliphatic heterocycles. The van der Waals surface area contributed by atoms with Crippen LogP contribution in [0.15, 0.2) is 52.5 Å². The quantitative estimate of drug-likeness (QED) is 0.472. The van der Waals surface area contributed by atoms with Crippen molar-refractivity contribution in [1.82, 2.24) is 14.2 Å². The number of carbonyl (C=O) groups is 2. The smallest absolute Gasteiger partial charge is 0.341 e. The molecule has 0 saturated carbocycles. The average molecular weight is 470 g/mol. The van der Waals surface area contributed by atoms with Crippen molar-refractivity contribution in [2.75, 3.05) is 39.0 Å². The number of benzene rings is 1. The summed E-state index contributed by atoms with van der Waals surface area (Å²) in [7, 11) is -3.66. The fraction of sp³-hybridized carbons (Fsp3) is 0.316.